The highest BCUT2D eigenvalue weighted by Crippen LogP contribution is 2.44. The molecule has 224 valence electrons. The summed E-state index contributed by atoms with van der Waals surface area (Å²) in [7, 11) is 0. The number of aliphatic imine (C=N–C) groups is 1. The molecule has 0 N–H and O–H groups in total. The van der Waals surface area contributed by atoms with Gasteiger partial charge in [-0.15, -0.1) is 11.3 Å². The molecule has 0 amide bonds. The third-order valence-electron chi connectivity index (χ3n) is 10.3. The largest absolute Gasteiger partial charge is 0.308 e. The molecule has 6 aromatic rings. The van der Waals surface area contributed by atoms with Crippen molar-refractivity contribution < 1.29 is 0 Å². The first-order chi connectivity index (χ1) is 22.7. The van der Waals surface area contributed by atoms with Crippen LogP contribution in [0, 0.1) is 5.92 Å². The first-order valence-corrected chi connectivity index (χ1v) is 17.5. The molecule has 2 atom stereocenters. The van der Waals surface area contributed by atoms with Crippen LogP contribution in [0.5, 0.6) is 0 Å². The van der Waals surface area contributed by atoms with E-state index in [0.717, 1.165) is 37.8 Å². The molecule has 0 saturated carbocycles. The van der Waals surface area contributed by atoms with Crippen LogP contribution in [-0.4, -0.2) is 10.3 Å². The van der Waals surface area contributed by atoms with Crippen molar-refractivity contribution in [3.8, 4) is 5.69 Å². The van der Waals surface area contributed by atoms with Crippen molar-refractivity contribution in [3.63, 3.8) is 0 Å². The van der Waals surface area contributed by atoms with E-state index < -0.39 is 0 Å². The SMILES string of the molecule is CC1=C(C2C=CC=CC2)CCC(c2ccccc2)N=C1c1ccc(-n2c3ccccc3c3ccc4c5c(sc4c32)C=CCC5)cc1. The standard InChI is InChI=1S/C43H36N2S/c1-28-33(29-12-4-2-5-13-29)26-27-38(30-14-6-3-7-15-30)44-41(28)31-20-22-32(23-21-31)45-39-18-10-8-16-34(39)36-24-25-37-35-17-9-11-19-40(35)46-43(37)42(36)45/h2-8,10-12,14-16,18-25,29,38H,9,13,17,26-27H2,1H3. The lowest BCUT2D eigenvalue weighted by atomic mass is 9.84. The van der Waals surface area contributed by atoms with Crippen LogP contribution in [0.1, 0.15) is 60.2 Å². The Morgan fingerprint density at radius 3 is 2.46 bits per heavy atom. The summed E-state index contributed by atoms with van der Waals surface area (Å²) in [5.74, 6) is 0.440. The third kappa shape index (κ3) is 4.48. The quantitative estimate of drug-likeness (QED) is 0.188. The van der Waals surface area contributed by atoms with Gasteiger partial charge in [-0.2, -0.15) is 0 Å². The van der Waals surface area contributed by atoms with Crippen LogP contribution in [0.15, 0.2) is 138 Å². The van der Waals surface area contributed by atoms with E-state index in [2.05, 4.69) is 139 Å². The summed E-state index contributed by atoms with van der Waals surface area (Å²) in [6.45, 7) is 2.30. The number of hydrogen-bond donors (Lipinski definition) is 0. The Morgan fingerprint density at radius 2 is 1.61 bits per heavy atom. The zero-order chi connectivity index (χ0) is 30.6. The van der Waals surface area contributed by atoms with Gasteiger partial charge in [-0.25, -0.2) is 0 Å². The molecule has 0 bridgehead atoms. The molecule has 0 radical (unpaired) electrons. The molecule has 0 saturated heterocycles. The van der Waals surface area contributed by atoms with Crippen molar-refractivity contribution in [2.75, 3.05) is 0 Å². The van der Waals surface area contributed by atoms with Crippen molar-refractivity contribution in [1.82, 2.24) is 4.57 Å². The molecule has 9 rings (SSSR count). The molecule has 4 aromatic carbocycles. The van der Waals surface area contributed by atoms with Gasteiger partial charge in [-0.05, 0) is 85.4 Å². The highest BCUT2D eigenvalue weighted by atomic mass is 32.1. The van der Waals surface area contributed by atoms with Gasteiger partial charge in [0.05, 0.1) is 27.5 Å². The Labute approximate surface area is 274 Å². The molecular weight excluding hydrogens is 577 g/mol. The molecule has 2 nitrogen and oxygen atoms in total. The zero-order valence-electron chi connectivity index (χ0n) is 26.1. The lowest BCUT2D eigenvalue weighted by Crippen LogP contribution is -2.10. The second kappa shape index (κ2) is 11.3. The Hall–Kier alpha value is -4.73. The lowest BCUT2D eigenvalue weighted by Gasteiger charge is -2.20. The first kappa shape index (κ1) is 27.6. The van der Waals surface area contributed by atoms with Crippen LogP contribution in [-0.2, 0) is 6.42 Å². The topological polar surface area (TPSA) is 17.3 Å². The van der Waals surface area contributed by atoms with Crippen molar-refractivity contribution in [2.45, 2.75) is 45.1 Å². The molecule has 3 heterocycles. The third-order valence-corrected chi connectivity index (χ3v) is 11.5. The maximum atomic E-state index is 5.52. The predicted molar refractivity (Wildman–Crippen MR) is 198 cm³/mol. The first-order valence-electron chi connectivity index (χ1n) is 16.7. The number of rotatable bonds is 4. The molecule has 46 heavy (non-hydrogen) atoms. The molecule has 1 aliphatic heterocycles. The molecule has 2 aromatic heterocycles. The highest BCUT2D eigenvalue weighted by Gasteiger charge is 2.25. The van der Waals surface area contributed by atoms with E-state index >= 15 is 0 Å². The Bertz CT molecular complexity index is 2290. The predicted octanol–water partition coefficient (Wildman–Crippen LogP) is 11.7. The maximum absolute atomic E-state index is 5.52. The van der Waals surface area contributed by atoms with Crippen LogP contribution >= 0.6 is 11.3 Å². The second-order valence-electron chi connectivity index (χ2n) is 12.9. The minimum absolute atomic E-state index is 0.149. The number of thiophene rings is 1. The number of allylic oxidation sites excluding steroid dienone is 7. The molecule has 3 aliphatic rings. The van der Waals surface area contributed by atoms with Gasteiger partial charge < -0.3 is 4.57 Å². The van der Waals surface area contributed by atoms with E-state index in [1.54, 1.807) is 0 Å². The van der Waals surface area contributed by atoms with E-state index in [-0.39, 0.29) is 6.04 Å². The summed E-state index contributed by atoms with van der Waals surface area (Å²) in [4.78, 5) is 6.94. The number of benzene rings is 4. The van der Waals surface area contributed by atoms with Crippen LogP contribution < -0.4 is 0 Å². The van der Waals surface area contributed by atoms with Gasteiger partial charge >= 0.3 is 0 Å². The fraction of sp³-hybridized carbons (Fsp3) is 0.186. The van der Waals surface area contributed by atoms with Crippen molar-refractivity contribution >= 4 is 55.0 Å². The van der Waals surface area contributed by atoms with Crippen LogP contribution in [0.4, 0.5) is 0 Å². The number of fused-ring (bicyclic) bond motifs is 7. The van der Waals surface area contributed by atoms with Gasteiger partial charge in [-0.1, -0.05) is 109 Å². The summed E-state index contributed by atoms with van der Waals surface area (Å²) in [5, 5.41) is 4.05. The van der Waals surface area contributed by atoms with Crippen molar-refractivity contribution in [1.29, 1.82) is 0 Å². The van der Waals surface area contributed by atoms with E-state index in [4.69, 9.17) is 4.99 Å². The van der Waals surface area contributed by atoms with E-state index in [0.29, 0.717) is 5.92 Å². The van der Waals surface area contributed by atoms with Gasteiger partial charge in [0.25, 0.3) is 0 Å². The molecular formula is C43H36N2S. The Morgan fingerprint density at radius 1 is 0.783 bits per heavy atom. The lowest BCUT2D eigenvalue weighted by molar-refractivity contribution is 0.618. The normalized spacial score (nSPS) is 19.6. The summed E-state index contributed by atoms with van der Waals surface area (Å²) in [6, 6.07) is 33.8. The number of nitrogens with zero attached hydrogens (tertiary/aromatic N) is 2. The van der Waals surface area contributed by atoms with Crippen molar-refractivity contribution in [2.24, 2.45) is 10.9 Å². The van der Waals surface area contributed by atoms with Crippen LogP contribution in [0.25, 0.3) is 43.7 Å². The monoisotopic (exact) mass is 612 g/mol. The average molecular weight is 613 g/mol. The second-order valence-corrected chi connectivity index (χ2v) is 13.9. The average Bonchev–Trinajstić information content (AvgIpc) is 3.60. The number of aryl methyl sites for hydroxylation is 1. The Kier molecular flexibility index (Phi) is 6.75. The van der Waals surface area contributed by atoms with Gasteiger partial charge in [0.15, 0.2) is 0 Å². The number of aromatic nitrogens is 1. The minimum atomic E-state index is 0.149. The summed E-state index contributed by atoms with van der Waals surface area (Å²) in [5.41, 5.74) is 11.8. The van der Waals surface area contributed by atoms with Gasteiger partial charge in [-0.3, -0.25) is 4.99 Å². The summed E-state index contributed by atoms with van der Waals surface area (Å²) >= 11 is 1.95. The minimum Gasteiger partial charge on any atom is -0.308 e. The summed E-state index contributed by atoms with van der Waals surface area (Å²) in [6.07, 6.45) is 19.1. The van der Waals surface area contributed by atoms with Crippen LogP contribution in [0.3, 0.4) is 0 Å². The number of hydrogen-bond acceptors (Lipinski definition) is 2. The number of para-hydroxylation sites is 1. The molecule has 0 spiro atoms. The van der Waals surface area contributed by atoms with Gasteiger partial charge in [0, 0.05) is 32.8 Å². The smallest absolute Gasteiger partial charge is 0.0759 e. The molecule has 3 heteroatoms. The van der Waals surface area contributed by atoms with Crippen molar-refractivity contribution in [3.05, 3.63) is 154 Å². The zero-order valence-corrected chi connectivity index (χ0v) is 26.9. The van der Waals surface area contributed by atoms with E-state index in [1.165, 1.54) is 70.3 Å². The van der Waals surface area contributed by atoms with Gasteiger partial charge in [0.2, 0.25) is 0 Å². The van der Waals surface area contributed by atoms with E-state index in [9.17, 15) is 0 Å². The fourth-order valence-electron chi connectivity index (χ4n) is 7.98. The Balaban J connectivity index is 1.20. The summed E-state index contributed by atoms with van der Waals surface area (Å²) < 4.78 is 3.89. The van der Waals surface area contributed by atoms with E-state index in [1.807, 2.05) is 11.3 Å². The fourth-order valence-corrected chi connectivity index (χ4v) is 9.30. The highest BCUT2D eigenvalue weighted by molar-refractivity contribution is 7.21. The maximum Gasteiger partial charge on any atom is 0.0759 e. The van der Waals surface area contributed by atoms with Crippen LogP contribution in [0.2, 0.25) is 0 Å². The van der Waals surface area contributed by atoms with Gasteiger partial charge in [0.1, 0.15) is 0 Å². The molecule has 0 fully saturated rings. The molecule has 2 aliphatic carbocycles. The molecule has 2 unspecified atom stereocenters.